The zero-order chi connectivity index (χ0) is 13.0. The summed E-state index contributed by atoms with van der Waals surface area (Å²) in [6, 6.07) is 11.1. The fourth-order valence-electron chi connectivity index (χ4n) is 1.53. The minimum Gasteiger partial charge on any atom is -0.293 e. The Kier molecular flexibility index (Phi) is 4.10. The van der Waals surface area contributed by atoms with Crippen molar-refractivity contribution in [3.05, 3.63) is 53.9 Å². The van der Waals surface area contributed by atoms with Crippen LogP contribution in [-0.2, 0) is 0 Å². The van der Waals surface area contributed by atoms with E-state index < -0.39 is 0 Å². The molecule has 4 heteroatoms. The molecule has 2 rings (SSSR count). The van der Waals surface area contributed by atoms with Gasteiger partial charge in [-0.2, -0.15) is 0 Å². The zero-order valence-corrected chi connectivity index (χ0v) is 11.1. The van der Waals surface area contributed by atoms with Gasteiger partial charge in [0.25, 0.3) is 0 Å². The van der Waals surface area contributed by atoms with Crippen LogP contribution >= 0.6 is 11.8 Å². The molecule has 92 valence electrons. The highest BCUT2D eigenvalue weighted by molar-refractivity contribution is 8.00. The van der Waals surface area contributed by atoms with Gasteiger partial charge in [-0.1, -0.05) is 42.1 Å². The standard InChI is InChI=1S/C14H14N2OS/c1-10-8-9-15-14(16-10)18-11(2)13(17)12-6-4-3-5-7-12/h3-9,11H,1-2H3. The summed E-state index contributed by atoms with van der Waals surface area (Å²) in [5.74, 6) is 0.103. The summed E-state index contributed by atoms with van der Waals surface area (Å²) in [4.78, 5) is 20.6. The molecule has 1 unspecified atom stereocenters. The smallest absolute Gasteiger partial charge is 0.188 e. The topological polar surface area (TPSA) is 42.9 Å². The van der Waals surface area contributed by atoms with Crippen LogP contribution in [0.1, 0.15) is 23.0 Å². The van der Waals surface area contributed by atoms with Gasteiger partial charge in [0.05, 0.1) is 5.25 Å². The number of ketones is 1. The molecule has 0 aliphatic rings. The van der Waals surface area contributed by atoms with Gasteiger partial charge in [-0.15, -0.1) is 0 Å². The number of benzene rings is 1. The summed E-state index contributed by atoms with van der Waals surface area (Å²) >= 11 is 1.39. The van der Waals surface area contributed by atoms with E-state index in [4.69, 9.17) is 0 Å². The third-order valence-electron chi connectivity index (χ3n) is 2.48. The fraction of sp³-hybridized carbons (Fsp3) is 0.214. The van der Waals surface area contributed by atoms with E-state index in [0.717, 1.165) is 11.3 Å². The van der Waals surface area contributed by atoms with Crippen molar-refractivity contribution in [3.63, 3.8) is 0 Å². The van der Waals surface area contributed by atoms with E-state index in [0.29, 0.717) is 5.16 Å². The van der Waals surface area contributed by atoms with Crippen LogP contribution in [-0.4, -0.2) is 21.0 Å². The summed E-state index contributed by atoms with van der Waals surface area (Å²) in [5, 5.41) is 0.459. The molecule has 0 saturated heterocycles. The molecular weight excluding hydrogens is 244 g/mol. The van der Waals surface area contributed by atoms with Crippen LogP contribution < -0.4 is 0 Å². The van der Waals surface area contributed by atoms with Gasteiger partial charge < -0.3 is 0 Å². The van der Waals surface area contributed by atoms with Gasteiger partial charge in [-0.05, 0) is 19.9 Å². The Balaban J connectivity index is 2.09. The molecule has 0 bridgehead atoms. The first kappa shape index (κ1) is 12.8. The molecule has 2 aromatic rings. The molecule has 0 amide bonds. The molecule has 0 N–H and O–H groups in total. The summed E-state index contributed by atoms with van der Waals surface area (Å²) in [6.07, 6.45) is 1.71. The van der Waals surface area contributed by atoms with E-state index in [2.05, 4.69) is 9.97 Å². The van der Waals surface area contributed by atoms with Crippen molar-refractivity contribution in [2.24, 2.45) is 0 Å². The molecule has 0 saturated carbocycles. The van der Waals surface area contributed by atoms with Crippen molar-refractivity contribution in [2.75, 3.05) is 0 Å². The first-order valence-electron chi connectivity index (χ1n) is 5.72. The average molecular weight is 258 g/mol. The Morgan fingerprint density at radius 3 is 2.61 bits per heavy atom. The fourth-order valence-corrected chi connectivity index (χ4v) is 2.41. The van der Waals surface area contributed by atoms with Crippen LogP contribution in [0.2, 0.25) is 0 Å². The first-order chi connectivity index (χ1) is 8.66. The molecule has 1 heterocycles. The zero-order valence-electron chi connectivity index (χ0n) is 10.3. The number of hydrogen-bond acceptors (Lipinski definition) is 4. The SMILES string of the molecule is Cc1ccnc(SC(C)C(=O)c2ccccc2)n1. The monoisotopic (exact) mass is 258 g/mol. The minimum absolute atomic E-state index is 0.103. The second-order valence-corrected chi connectivity index (χ2v) is 5.28. The largest absolute Gasteiger partial charge is 0.293 e. The van der Waals surface area contributed by atoms with Crippen molar-refractivity contribution in [1.29, 1.82) is 0 Å². The van der Waals surface area contributed by atoms with Gasteiger partial charge in [-0.3, -0.25) is 4.79 Å². The number of rotatable bonds is 4. The Hall–Kier alpha value is -1.68. The highest BCUT2D eigenvalue weighted by atomic mass is 32.2. The lowest BCUT2D eigenvalue weighted by Crippen LogP contribution is -2.13. The van der Waals surface area contributed by atoms with Crippen molar-refractivity contribution in [1.82, 2.24) is 9.97 Å². The lowest BCUT2D eigenvalue weighted by molar-refractivity contribution is 0.0994. The third kappa shape index (κ3) is 3.17. The highest BCUT2D eigenvalue weighted by Crippen LogP contribution is 2.22. The maximum Gasteiger partial charge on any atom is 0.188 e. The summed E-state index contributed by atoms with van der Waals surface area (Å²) in [6.45, 7) is 3.79. The van der Waals surface area contributed by atoms with Crippen LogP contribution in [0.3, 0.4) is 0 Å². The molecule has 0 aliphatic heterocycles. The van der Waals surface area contributed by atoms with Crippen molar-refractivity contribution >= 4 is 17.5 Å². The van der Waals surface area contributed by atoms with Crippen LogP contribution in [0.25, 0.3) is 0 Å². The van der Waals surface area contributed by atoms with E-state index in [1.807, 2.05) is 50.2 Å². The predicted octanol–water partition coefficient (Wildman–Crippen LogP) is 3.15. The Morgan fingerprint density at radius 2 is 1.94 bits per heavy atom. The molecule has 1 aromatic carbocycles. The molecular formula is C14H14N2OS. The van der Waals surface area contributed by atoms with Crippen LogP contribution in [0.15, 0.2) is 47.8 Å². The number of thioether (sulfide) groups is 1. The number of aromatic nitrogens is 2. The van der Waals surface area contributed by atoms with Gasteiger partial charge in [0.1, 0.15) is 0 Å². The number of carbonyl (C=O) groups is 1. The van der Waals surface area contributed by atoms with Gasteiger partial charge in [0.2, 0.25) is 0 Å². The molecule has 0 aliphatic carbocycles. The Labute approximate surface area is 111 Å². The van der Waals surface area contributed by atoms with Gasteiger partial charge in [-0.25, -0.2) is 9.97 Å². The number of nitrogens with zero attached hydrogens (tertiary/aromatic N) is 2. The van der Waals surface area contributed by atoms with E-state index in [1.54, 1.807) is 6.20 Å². The molecule has 3 nitrogen and oxygen atoms in total. The number of carbonyl (C=O) groups excluding carboxylic acids is 1. The van der Waals surface area contributed by atoms with Gasteiger partial charge >= 0.3 is 0 Å². The normalized spacial score (nSPS) is 12.1. The minimum atomic E-state index is -0.186. The lowest BCUT2D eigenvalue weighted by Gasteiger charge is -2.09. The summed E-state index contributed by atoms with van der Waals surface area (Å²) < 4.78 is 0. The predicted molar refractivity (Wildman–Crippen MR) is 72.9 cm³/mol. The number of hydrogen-bond donors (Lipinski definition) is 0. The summed E-state index contributed by atoms with van der Waals surface area (Å²) in [7, 11) is 0. The number of aryl methyl sites for hydroxylation is 1. The van der Waals surface area contributed by atoms with Gasteiger partial charge in [0.15, 0.2) is 10.9 Å². The highest BCUT2D eigenvalue weighted by Gasteiger charge is 2.17. The molecule has 0 radical (unpaired) electrons. The van der Waals surface area contributed by atoms with E-state index in [-0.39, 0.29) is 11.0 Å². The number of Topliss-reactive ketones (excluding diaryl/α,β-unsaturated/α-hetero) is 1. The van der Waals surface area contributed by atoms with Crippen molar-refractivity contribution in [2.45, 2.75) is 24.3 Å². The van der Waals surface area contributed by atoms with Crippen molar-refractivity contribution in [3.8, 4) is 0 Å². The van der Waals surface area contributed by atoms with Crippen molar-refractivity contribution < 1.29 is 4.79 Å². The molecule has 0 fully saturated rings. The van der Waals surface area contributed by atoms with E-state index in [9.17, 15) is 4.79 Å². The quantitative estimate of drug-likeness (QED) is 0.480. The van der Waals surface area contributed by atoms with Gasteiger partial charge in [0, 0.05) is 17.5 Å². The molecule has 1 atom stereocenters. The average Bonchev–Trinajstić information content (AvgIpc) is 2.39. The van der Waals surface area contributed by atoms with Crippen LogP contribution in [0.5, 0.6) is 0 Å². The first-order valence-corrected chi connectivity index (χ1v) is 6.60. The lowest BCUT2D eigenvalue weighted by atomic mass is 10.1. The Bertz CT molecular complexity index is 543. The van der Waals surface area contributed by atoms with Crippen LogP contribution in [0.4, 0.5) is 0 Å². The Morgan fingerprint density at radius 1 is 1.22 bits per heavy atom. The van der Waals surface area contributed by atoms with Crippen LogP contribution in [0, 0.1) is 6.92 Å². The molecule has 18 heavy (non-hydrogen) atoms. The molecule has 0 spiro atoms. The molecule has 1 aromatic heterocycles. The maximum atomic E-state index is 12.2. The van der Waals surface area contributed by atoms with E-state index in [1.165, 1.54) is 11.8 Å². The maximum absolute atomic E-state index is 12.2. The second-order valence-electron chi connectivity index (χ2n) is 3.97. The summed E-state index contributed by atoms with van der Waals surface area (Å²) in [5.41, 5.74) is 1.64. The third-order valence-corrected chi connectivity index (χ3v) is 3.46. The van der Waals surface area contributed by atoms with E-state index >= 15 is 0 Å². The second kappa shape index (κ2) is 5.78.